The molecule has 0 aromatic carbocycles. The number of Topliss-reactive ketones (excluding diaryl/α,β-unsaturated/α-hetero) is 1. The number of rotatable bonds is 77. The molecular formula is C85H162N6O39. The van der Waals surface area contributed by atoms with Crippen molar-refractivity contribution in [3.8, 4) is 0 Å². The molecule has 0 aliphatic rings. The molecule has 45 heteroatoms. The van der Waals surface area contributed by atoms with Crippen LogP contribution < -0.4 is 0 Å². The van der Waals surface area contributed by atoms with Gasteiger partial charge in [-0.1, -0.05) is 0 Å². The summed E-state index contributed by atoms with van der Waals surface area (Å²) in [6.45, 7) is 30.2. The van der Waals surface area contributed by atoms with E-state index < -0.39 is 36.3 Å². The van der Waals surface area contributed by atoms with E-state index in [1.807, 2.05) is 4.90 Å². The lowest BCUT2D eigenvalue weighted by molar-refractivity contribution is -0.160. The Bertz CT molecular complexity index is 2720. The van der Waals surface area contributed by atoms with E-state index >= 15 is 0 Å². The second kappa shape index (κ2) is 100. The second-order valence-corrected chi connectivity index (χ2v) is 28.3. The number of ether oxygens (including phenoxy) is 26. The van der Waals surface area contributed by atoms with E-state index in [0.717, 1.165) is 65.4 Å². The SMILES string of the molecule is COCCN(CCOC)CCC(=O)OCC(C)=O.COCCN(CCOC)CCC(=O)OCCCCOC(C)=O.COCCN(CCOC)CCC(=O)OCCOC(=O)COC(C)=O.COCCN(CCOC)CCC(=O)OCCOC(=O)OC(C)(C)C.COCCN(CCOC)CCC(=O)OCCOC(C)=O.COCCN(CCOC)CCC(=O)OCCOCC(=O)OC. The van der Waals surface area contributed by atoms with E-state index in [4.69, 9.17) is 109 Å². The summed E-state index contributed by atoms with van der Waals surface area (Å²) in [4.78, 5) is 157. The van der Waals surface area contributed by atoms with Crippen LogP contribution in [-0.4, -0.2) is 488 Å². The number of esters is 11. The molecule has 0 radical (unpaired) electrons. The van der Waals surface area contributed by atoms with Gasteiger partial charge in [-0.3, -0.25) is 77.3 Å². The molecular weight excluding hydrogens is 1730 g/mol. The minimum absolute atomic E-state index is 0.00815. The van der Waals surface area contributed by atoms with Crippen molar-refractivity contribution in [3.05, 3.63) is 0 Å². The van der Waals surface area contributed by atoms with Gasteiger partial charge in [0.1, 0.15) is 65.1 Å². The molecule has 0 bridgehead atoms. The number of nitrogens with zero attached hydrogens (tertiary/aromatic N) is 6. The van der Waals surface area contributed by atoms with Gasteiger partial charge in [0.2, 0.25) is 0 Å². The number of hydrogen-bond acceptors (Lipinski definition) is 45. The van der Waals surface area contributed by atoms with Crippen LogP contribution in [0.5, 0.6) is 0 Å². The third-order valence-corrected chi connectivity index (χ3v) is 16.2. The number of carbonyl (C=O) groups excluding carboxylic acids is 13. The Kier molecular flexibility index (Phi) is 103. The van der Waals surface area contributed by atoms with Crippen LogP contribution in [-0.2, 0) is 181 Å². The predicted octanol–water partition coefficient (Wildman–Crippen LogP) is 1.83. The first-order valence-corrected chi connectivity index (χ1v) is 42.9. The van der Waals surface area contributed by atoms with Crippen molar-refractivity contribution in [2.45, 2.75) is 105 Å². The molecule has 0 aliphatic carbocycles. The fraction of sp³-hybridized carbons (Fsp3) is 0.847. The Morgan fingerprint density at radius 1 is 0.208 bits per heavy atom. The Morgan fingerprint density at radius 2 is 0.423 bits per heavy atom. The van der Waals surface area contributed by atoms with Gasteiger partial charge in [0.05, 0.1) is 145 Å². The maximum Gasteiger partial charge on any atom is 0.508 e. The van der Waals surface area contributed by atoms with Gasteiger partial charge in [-0.25, -0.2) is 14.4 Å². The molecule has 0 aliphatic heterocycles. The summed E-state index contributed by atoms with van der Waals surface area (Å²) in [6.07, 6.45) is 2.26. The lowest BCUT2D eigenvalue weighted by Gasteiger charge is -2.21. The quantitative estimate of drug-likeness (QED) is 0.0476. The van der Waals surface area contributed by atoms with Gasteiger partial charge in [0.25, 0.3) is 0 Å². The molecule has 0 saturated heterocycles. The Balaban J connectivity index is -0.000000356. The maximum atomic E-state index is 11.7. The zero-order valence-electron chi connectivity index (χ0n) is 81.7. The summed E-state index contributed by atoms with van der Waals surface area (Å²) >= 11 is 0. The summed E-state index contributed by atoms with van der Waals surface area (Å²) in [7, 11) is 20.9. The van der Waals surface area contributed by atoms with E-state index in [0.29, 0.717) is 164 Å². The topological polar surface area (TPSA) is 481 Å². The van der Waals surface area contributed by atoms with Crippen LogP contribution in [0.4, 0.5) is 4.79 Å². The summed E-state index contributed by atoms with van der Waals surface area (Å²) in [5, 5.41) is 0. The predicted molar refractivity (Wildman–Crippen MR) is 470 cm³/mol. The summed E-state index contributed by atoms with van der Waals surface area (Å²) in [6, 6.07) is 0. The molecule has 0 spiro atoms. The van der Waals surface area contributed by atoms with Gasteiger partial charge in [0.15, 0.2) is 12.4 Å². The van der Waals surface area contributed by atoms with Crippen LogP contribution in [0.25, 0.3) is 0 Å². The molecule has 0 aromatic heterocycles. The van der Waals surface area contributed by atoms with Crippen molar-refractivity contribution < 1.29 is 185 Å². The number of unbranched alkanes of at least 4 members (excludes halogenated alkanes) is 1. The molecule has 130 heavy (non-hydrogen) atoms. The van der Waals surface area contributed by atoms with Crippen LogP contribution in [0.15, 0.2) is 0 Å². The summed E-state index contributed by atoms with van der Waals surface area (Å²) in [5.74, 6) is -4.45. The van der Waals surface area contributed by atoms with Crippen LogP contribution in [0.2, 0.25) is 0 Å². The number of ketones is 1. The van der Waals surface area contributed by atoms with Gasteiger partial charge >= 0.3 is 71.8 Å². The highest BCUT2D eigenvalue weighted by molar-refractivity contribution is 5.80. The fourth-order valence-electron chi connectivity index (χ4n) is 9.22. The zero-order valence-corrected chi connectivity index (χ0v) is 81.7. The molecule has 0 aromatic rings. The molecule has 45 nitrogen and oxygen atoms in total. The third kappa shape index (κ3) is 109. The first kappa shape index (κ1) is 133. The second-order valence-electron chi connectivity index (χ2n) is 28.3. The van der Waals surface area contributed by atoms with Crippen LogP contribution >= 0.6 is 0 Å². The van der Waals surface area contributed by atoms with E-state index in [9.17, 15) is 62.3 Å². The zero-order chi connectivity index (χ0) is 98.9. The lowest BCUT2D eigenvalue weighted by atomic mass is 10.2. The molecule has 0 saturated carbocycles. The van der Waals surface area contributed by atoms with Crippen LogP contribution in [0.1, 0.15) is 99.8 Å². The van der Waals surface area contributed by atoms with E-state index in [2.05, 4.69) is 38.7 Å². The van der Waals surface area contributed by atoms with Gasteiger partial charge < -0.3 is 123 Å². The fourth-order valence-corrected chi connectivity index (χ4v) is 9.22. The van der Waals surface area contributed by atoms with E-state index in [1.165, 1.54) is 34.8 Å². The summed E-state index contributed by atoms with van der Waals surface area (Å²) < 4.78 is 128. The Morgan fingerprint density at radius 3 is 0.662 bits per heavy atom. The van der Waals surface area contributed by atoms with Gasteiger partial charge in [-0.05, 0) is 40.5 Å². The first-order chi connectivity index (χ1) is 62.2. The number of hydrogen-bond donors (Lipinski definition) is 0. The lowest BCUT2D eigenvalue weighted by Crippen LogP contribution is -2.33. The molecule has 0 N–H and O–H groups in total. The summed E-state index contributed by atoms with van der Waals surface area (Å²) in [5.41, 5.74) is -0.609. The normalized spacial score (nSPS) is 10.8. The molecule has 766 valence electrons. The molecule has 0 atom stereocenters. The minimum atomic E-state index is -0.774. The van der Waals surface area contributed by atoms with Crippen molar-refractivity contribution in [3.63, 3.8) is 0 Å². The van der Waals surface area contributed by atoms with Gasteiger partial charge in [0, 0.05) is 224 Å². The molecule has 0 unspecified atom stereocenters. The number of carbonyl (C=O) groups is 13. The highest BCUT2D eigenvalue weighted by Gasteiger charge is 2.20. The van der Waals surface area contributed by atoms with Crippen LogP contribution in [0, 0.1) is 0 Å². The maximum absolute atomic E-state index is 11.7. The Labute approximate surface area is 770 Å². The smallest absolute Gasteiger partial charge is 0.467 e. The van der Waals surface area contributed by atoms with Crippen molar-refractivity contribution in [2.75, 3.05) is 375 Å². The highest BCUT2D eigenvalue weighted by atomic mass is 16.7. The van der Waals surface area contributed by atoms with Crippen molar-refractivity contribution in [1.29, 1.82) is 0 Å². The van der Waals surface area contributed by atoms with Crippen LogP contribution in [0.3, 0.4) is 0 Å². The van der Waals surface area contributed by atoms with E-state index in [1.54, 1.807) is 106 Å². The third-order valence-electron chi connectivity index (χ3n) is 16.2. The number of methoxy groups -OCH3 is 13. The highest BCUT2D eigenvalue weighted by Crippen LogP contribution is 2.09. The molecule has 0 amide bonds. The average Bonchev–Trinajstić information content (AvgIpc) is 0.948. The molecule has 0 fully saturated rings. The largest absolute Gasteiger partial charge is 0.508 e. The van der Waals surface area contributed by atoms with Crippen molar-refractivity contribution >= 4 is 77.6 Å². The van der Waals surface area contributed by atoms with Crippen molar-refractivity contribution in [2.24, 2.45) is 0 Å². The van der Waals surface area contributed by atoms with E-state index in [-0.39, 0.29) is 152 Å². The van der Waals surface area contributed by atoms with Crippen molar-refractivity contribution in [1.82, 2.24) is 29.4 Å². The van der Waals surface area contributed by atoms with Gasteiger partial charge in [-0.2, -0.15) is 0 Å². The minimum Gasteiger partial charge on any atom is -0.467 e. The molecule has 0 rings (SSSR count). The van der Waals surface area contributed by atoms with Gasteiger partial charge in [-0.15, -0.1) is 0 Å². The first-order valence-electron chi connectivity index (χ1n) is 42.9. The Hall–Kier alpha value is -7.65. The average molecular weight is 1890 g/mol. The molecule has 0 heterocycles. The monoisotopic (exact) mass is 1890 g/mol. The standard InChI is InChI=1S/C16H31NO7.C15H27NO8.C15H29NO6.C14H27NO7.C13H25NO6.C12H23NO5/c1-16(2,3)24-15(19)23-13-12-22-14(18)6-7-17(8-10-20-4)9-11-21-5;1-13(17)24-12-15(19)23-11-10-22-14(18)4-5-16(6-8-20-2)7-9-21-3;1-14(17)21-10-4-5-11-22-15(18)6-7-16(8-12-19-2)9-13-20-3;1-18-8-6-15(7-9-19-2)5-4-13(16)22-11-10-21-12-14(17)20-3;1-12(15)19-10-11-20-13(16)4-5-14(6-8-17-2)7-9-18-3;1-11(14)10-18-12(15)4-5-13(6-8-16-2)7-9-17-3/h6-13H2,1-5H3;4-12H2,1-3H3;4-13H2,1-3H3;4-12H2,1-3H3;4-11H2,1-3H3;4-10H2,1-3H3.